The second-order valence-corrected chi connectivity index (χ2v) is 8.64. The fourth-order valence-corrected chi connectivity index (χ4v) is 4.09. The van der Waals surface area contributed by atoms with E-state index < -0.39 is 0 Å². The van der Waals surface area contributed by atoms with Gasteiger partial charge in [-0.15, -0.1) is 0 Å². The maximum Gasteiger partial charge on any atom is 0.241 e. The monoisotopic (exact) mass is 453 g/mol. The van der Waals surface area contributed by atoms with E-state index in [0.717, 1.165) is 16.8 Å². The molecule has 0 atom stereocenters. The Labute approximate surface area is 194 Å². The highest BCUT2D eigenvalue weighted by Gasteiger charge is 2.27. The van der Waals surface area contributed by atoms with Gasteiger partial charge in [0.1, 0.15) is 5.82 Å². The van der Waals surface area contributed by atoms with Crippen molar-refractivity contribution in [3.05, 3.63) is 52.7 Å². The van der Waals surface area contributed by atoms with E-state index in [-0.39, 0.29) is 30.7 Å². The smallest absolute Gasteiger partial charge is 0.241 e. The molecule has 2 aromatic rings. The summed E-state index contributed by atoms with van der Waals surface area (Å²) in [5.74, 6) is 0.279. The number of halogens is 1. The van der Waals surface area contributed by atoms with Gasteiger partial charge < -0.3 is 10.2 Å². The van der Waals surface area contributed by atoms with Gasteiger partial charge in [0.15, 0.2) is 0 Å². The molecule has 1 saturated heterocycles. The van der Waals surface area contributed by atoms with Crippen LogP contribution in [0.25, 0.3) is 0 Å². The molecular weight excluding hydrogens is 426 g/mol. The molecular formula is C24H28ClN5O2. The Morgan fingerprint density at radius 1 is 1.22 bits per heavy atom. The van der Waals surface area contributed by atoms with Gasteiger partial charge in [-0.05, 0) is 75.2 Å². The van der Waals surface area contributed by atoms with Gasteiger partial charge in [-0.25, -0.2) is 4.98 Å². The van der Waals surface area contributed by atoms with Crippen molar-refractivity contribution in [3.8, 4) is 6.07 Å². The zero-order chi connectivity index (χ0) is 23.1. The van der Waals surface area contributed by atoms with E-state index in [4.69, 9.17) is 16.9 Å². The van der Waals surface area contributed by atoms with Crippen molar-refractivity contribution in [1.82, 2.24) is 9.88 Å². The number of pyridine rings is 1. The maximum atomic E-state index is 13.1. The largest absolute Gasteiger partial charge is 0.310 e. The SMILES string of the molecule is Cc1cc(C)cc(N(CCC#N)C(=O)CN2CCC(C(=O)Nc3ccc(Cl)cn3)CC2)c1. The first-order valence-electron chi connectivity index (χ1n) is 10.8. The summed E-state index contributed by atoms with van der Waals surface area (Å²) >= 11 is 5.83. The highest BCUT2D eigenvalue weighted by Crippen LogP contribution is 2.22. The Bertz CT molecular complexity index is 974. The molecule has 168 valence electrons. The van der Waals surface area contributed by atoms with Crippen molar-refractivity contribution in [1.29, 1.82) is 5.26 Å². The number of carbonyl (C=O) groups is 2. The molecule has 0 aliphatic carbocycles. The number of nitrogens with one attached hydrogen (secondary N) is 1. The van der Waals surface area contributed by atoms with Gasteiger partial charge in [0.25, 0.3) is 0 Å². The van der Waals surface area contributed by atoms with Crippen LogP contribution in [0.5, 0.6) is 0 Å². The van der Waals surface area contributed by atoms with Crippen molar-refractivity contribution in [2.75, 3.05) is 36.4 Å². The number of nitrogens with zero attached hydrogens (tertiary/aromatic N) is 4. The Morgan fingerprint density at radius 2 is 1.91 bits per heavy atom. The van der Waals surface area contributed by atoms with Crippen LogP contribution in [0.1, 0.15) is 30.4 Å². The number of benzene rings is 1. The normalized spacial score (nSPS) is 14.6. The lowest BCUT2D eigenvalue weighted by Gasteiger charge is -2.32. The fraction of sp³-hybridized carbons (Fsp3) is 0.417. The van der Waals surface area contributed by atoms with Gasteiger partial charge in [-0.3, -0.25) is 14.5 Å². The first-order valence-corrected chi connectivity index (χ1v) is 11.1. The van der Waals surface area contributed by atoms with E-state index in [2.05, 4.69) is 27.3 Å². The van der Waals surface area contributed by atoms with E-state index in [1.54, 1.807) is 17.0 Å². The predicted molar refractivity (Wildman–Crippen MR) is 126 cm³/mol. The van der Waals surface area contributed by atoms with Crippen LogP contribution in [0.2, 0.25) is 5.02 Å². The number of hydrogen-bond acceptors (Lipinski definition) is 5. The molecule has 2 heterocycles. The fourth-order valence-electron chi connectivity index (χ4n) is 3.97. The summed E-state index contributed by atoms with van der Waals surface area (Å²) < 4.78 is 0. The third kappa shape index (κ3) is 6.52. The molecule has 1 aromatic heterocycles. The third-order valence-electron chi connectivity index (χ3n) is 5.56. The first-order chi connectivity index (χ1) is 15.4. The lowest BCUT2D eigenvalue weighted by atomic mass is 9.96. The quantitative estimate of drug-likeness (QED) is 0.685. The van der Waals surface area contributed by atoms with Gasteiger partial charge in [0.05, 0.1) is 24.1 Å². The van der Waals surface area contributed by atoms with Gasteiger partial charge in [-0.1, -0.05) is 17.7 Å². The van der Waals surface area contributed by atoms with Gasteiger partial charge in [-0.2, -0.15) is 5.26 Å². The van der Waals surface area contributed by atoms with E-state index in [1.165, 1.54) is 6.20 Å². The summed E-state index contributed by atoms with van der Waals surface area (Å²) in [5, 5.41) is 12.4. The molecule has 1 aliphatic rings. The number of nitriles is 1. The number of carbonyl (C=O) groups excluding carboxylic acids is 2. The molecule has 2 amide bonds. The summed E-state index contributed by atoms with van der Waals surface area (Å²) in [6.45, 7) is 5.96. The number of aryl methyl sites for hydroxylation is 2. The molecule has 0 radical (unpaired) electrons. The van der Waals surface area contributed by atoms with Crippen molar-refractivity contribution < 1.29 is 9.59 Å². The van der Waals surface area contributed by atoms with Crippen LogP contribution in [0.3, 0.4) is 0 Å². The maximum absolute atomic E-state index is 13.1. The lowest BCUT2D eigenvalue weighted by molar-refractivity contribution is -0.122. The van der Waals surface area contributed by atoms with Crippen LogP contribution in [0, 0.1) is 31.1 Å². The Morgan fingerprint density at radius 3 is 2.50 bits per heavy atom. The predicted octanol–water partition coefficient (Wildman–Crippen LogP) is 3.95. The van der Waals surface area contributed by atoms with Crippen LogP contribution < -0.4 is 10.2 Å². The van der Waals surface area contributed by atoms with Crippen LogP contribution in [-0.2, 0) is 9.59 Å². The van der Waals surface area contributed by atoms with Crippen molar-refractivity contribution in [2.45, 2.75) is 33.1 Å². The number of likely N-dealkylation sites (tertiary alicyclic amines) is 1. The highest BCUT2D eigenvalue weighted by molar-refractivity contribution is 6.30. The zero-order valence-corrected chi connectivity index (χ0v) is 19.2. The number of hydrogen-bond donors (Lipinski definition) is 1. The second-order valence-electron chi connectivity index (χ2n) is 8.20. The highest BCUT2D eigenvalue weighted by atomic mass is 35.5. The molecule has 8 heteroatoms. The van der Waals surface area contributed by atoms with E-state index in [1.807, 2.05) is 26.0 Å². The minimum atomic E-state index is -0.118. The molecule has 3 rings (SSSR count). The number of amides is 2. The Balaban J connectivity index is 1.56. The van der Waals surface area contributed by atoms with Crippen LogP contribution in [0.4, 0.5) is 11.5 Å². The lowest BCUT2D eigenvalue weighted by Crippen LogP contribution is -2.45. The number of piperidine rings is 1. The third-order valence-corrected chi connectivity index (χ3v) is 5.79. The minimum Gasteiger partial charge on any atom is -0.310 e. The second kappa shape index (κ2) is 11.1. The van der Waals surface area contributed by atoms with Crippen LogP contribution >= 0.6 is 11.6 Å². The van der Waals surface area contributed by atoms with Gasteiger partial charge >= 0.3 is 0 Å². The number of aromatic nitrogens is 1. The average molecular weight is 454 g/mol. The van der Waals surface area contributed by atoms with Crippen molar-refractivity contribution in [2.24, 2.45) is 5.92 Å². The van der Waals surface area contributed by atoms with Gasteiger partial charge in [0, 0.05) is 24.3 Å². The number of anilines is 2. The van der Waals surface area contributed by atoms with Crippen molar-refractivity contribution in [3.63, 3.8) is 0 Å². The Hall–Kier alpha value is -2.95. The van der Waals surface area contributed by atoms with E-state index in [9.17, 15) is 9.59 Å². The summed E-state index contributed by atoms with van der Waals surface area (Å²) in [5.41, 5.74) is 2.99. The molecule has 0 bridgehead atoms. The average Bonchev–Trinajstić information content (AvgIpc) is 2.75. The summed E-state index contributed by atoms with van der Waals surface area (Å²) in [4.78, 5) is 33.5. The molecule has 1 aliphatic heterocycles. The van der Waals surface area contributed by atoms with E-state index in [0.29, 0.717) is 43.3 Å². The molecule has 0 unspecified atom stereocenters. The summed E-state index contributed by atoms with van der Waals surface area (Å²) in [6.07, 6.45) is 3.13. The molecule has 0 spiro atoms. The molecule has 7 nitrogen and oxygen atoms in total. The topological polar surface area (TPSA) is 89.3 Å². The standard InChI is InChI=1S/C24H28ClN5O2/c1-17-12-18(2)14-21(13-17)30(9-3-8-26)23(31)16-29-10-6-19(7-11-29)24(32)28-22-5-4-20(25)15-27-22/h4-5,12-15,19H,3,6-7,9-11,16H2,1-2H3,(H,27,28,32). The number of rotatable bonds is 7. The first kappa shape index (κ1) is 23.7. The minimum absolute atomic E-state index is 0.0292. The van der Waals surface area contributed by atoms with Crippen molar-refractivity contribution >= 4 is 34.9 Å². The zero-order valence-electron chi connectivity index (χ0n) is 18.5. The van der Waals surface area contributed by atoms with Crippen LogP contribution in [0.15, 0.2) is 36.5 Å². The summed E-state index contributed by atoms with van der Waals surface area (Å²) in [7, 11) is 0. The van der Waals surface area contributed by atoms with Gasteiger partial charge in [0.2, 0.25) is 11.8 Å². The summed E-state index contributed by atoms with van der Waals surface area (Å²) in [6, 6.07) is 11.5. The molecule has 0 saturated carbocycles. The molecule has 1 fully saturated rings. The molecule has 32 heavy (non-hydrogen) atoms. The molecule has 1 aromatic carbocycles. The molecule has 1 N–H and O–H groups in total. The van der Waals surface area contributed by atoms with E-state index >= 15 is 0 Å². The Kier molecular flexibility index (Phi) is 8.20. The van der Waals surface area contributed by atoms with Crippen LogP contribution in [-0.4, -0.2) is 47.9 Å².